The molecule has 0 amide bonds. The first-order valence-corrected chi connectivity index (χ1v) is 8.14. The molecule has 0 aliphatic heterocycles. The lowest BCUT2D eigenvalue weighted by atomic mass is 9.98. The molecule has 0 radical (unpaired) electrons. The number of rotatable bonds is 3. The highest BCUT2D eigenvalue weighted by atomic mass is 16.5. The molecule has 1 saturated carbocycles. The topological polar surface area (TPSA) is 84.3 Å². The van der Waals surface area contributed by atoms with Gasteiger partial charge in [-0.2, -0.15) is 0 Å². The molecule has 0 atom stereocenters. The SMILES string of the molecule is COC(=O)c1c(O)c(C2CC2)c(-c2ccc3c(ccn3C)c2)[nH]c1=O. The van der Waals surface area contributed by atoms with Crippen LogP contribution in [0.5, 0.6) is 5.75 Å². The zero-order valence-electron chi connectivity index (χ0n) is 14.0. The van der Waals surface area contributed by atoms with E-state index in [9.17, 15) is 14.7 Å². The molecule has 128 valence electrons. The first kappa shape index (κ1) is 15.5. The zero-order valence-corrected chi connectivity index (χ0v) is 14.0. The van der Waals surface area contributed by atoms with E-state index in [0.29, 0.717) is 11.3 Å². The maximum Gasteiger partial charge on any atom is 0.347 e. The highest BCUT2D eigenvalue weighted by Gasteiger charge is 2.34. The molecule has 0 spiro atoms. The Morgan fingerprint density at radius 3 is 2.76 bits per heavy atom. The van der Waals surface area contributed by atoms with Crippen LogP contribution in [-0.4, -0.2) is 27.7 Å². The number of hydrogen-bond donors (Lipinski definition) is 2. The lowest BCUT2D eigenvalue weighted by Crippen LogP contribution is -2.21. The Labute approximate surface area is 143 Å². The van der Waals surface area contributed by atoms with Crippen LogP contribution in [-0.2, 0) is 11.8 Å². The molecule has 0 saturated heterocycles. The minimum atomic E-state index is -0.828. The van der Waals surface area contributed by atoms with Crippen LogP contribution >= 0.6 is 0 Å². The van der Waals surface area contributed by atoms with Gasteiger partial charge >= 0.3 is 5.97 Å². The van der Waals surface area contributed by atoms with E-state index in [-0.39, 0.29) is 17.2 Å². The van der Waals surface area contributed by atoms with E-state index < -0.39 is 11.5 Å². The third kappa shape index (κ3) is 2.41. The van der Waals surface area contributed by atoms with Gasteiger partial charge in [0.1, 0.15) is 5.75 Å². The third-order valence-electron chi connectivity index (χ3n) is 4.78. The van der Waals surface area contributed by atoms with E-state index in [0.717, 1.165) is 29.3 Å². The van der Waals surface area contributed by atoms with Crippen molar-refractivity contribution in [3.63, 3.8) is 0 Å². The summed E-state index contributed by atoms with van der Waals surface area (Å²) in [4.78, 5) is 27.0. The molecule has 6 nitrogen and oxygen atoms in total. The van der Waals surface area contributed by atoms with Crippen molar-refractivity contribution in [2.45, 2.75) is 18.8 Å². The maximum atomic E-state index is 12.4. The fourth-order valence-electron chi connectivity index (χ4n) is 3.33. The second-order valence-corrected chi connectivity index (χ2v) is 6.43. The van der Waals surface area contributed by atoms with Gasteiger partial charge in [-0.05, 0) is 42.5 Å². The van der Waals surface area contributed by atoms with Crippen LogP contribution in [0.1, 0.15) is 34.7 Å². The number of hydrogen-bond acceptors (Lipinski definition) is 4. The van der Waals surface area contributed by atoms with Crippen LogP contribution in [0, 0.1) is 0 Å². The number of H-pyrrole nitrogens is 1. The van der Waals surface area contributed by atoms with E-state index in [1.54, 1.807) is 0 Å². The summed E-state index contributed by atoms with van der Waals surface area (Å²) >= 11 is 0. The Bertz CT molecular complexity index is 1060. The summed E-state index contributed by atoms with van der Waals surface area (Å²) in [5, 5.41) is 11.7. The van der Waals surface area contributed by atoms with Gasteiger partial charge < -0.3 is 19.4 Å². The average molecular weight is 338 g/mol. The van der Waals surface area contributed by atoms with Crippen LogP contribution in [0.2, 0.25) is 0 Å². The van der Waals surface area contributed by atoms with E-state index in [4.69, 9.17) is 0 Å². The predicted molar refractivity (Wildman–Crippen MR) is 94.0 cm³/mol. The number of carbonyl (C=O) groups is 1. The largest absolute Gasteiger partial charge is 0.506 e. The third-order valence-corrected chi connectivity index (χ3v) is 4.78. The van der Waals surface area contributed by atoms with Crippen molar-refractivity contribution < 1.29 is 14.6 Å². The van der Waals surface area contributed by atoms with Crippen molar-refractivity contribution >= 4 is 16.9 Å². The summed E-state index contributed by atoms with van der Waals surface area (Å²) in [5.74, 6) is -0.950. The number of pyridine rings is 1. The molecule has 2 aromatic heterocycles. The van der Waals surface area contributed by atoms with Gasteiger partial charge in [0.15, 0.2) is 5.56 Å². The van der Waals surface area contributed by atoms with Gasteiger partial charge in [0.2, 0.25) is 0 Å². The van der Waals surface area contributed by atoms with Gasteiger partial charge in [-0.15, -0.1) is 0 Å². The molecule has 4 rings (SSSR count). The number of ether oxygens (including phenoxy) is 1. The van der Waals surface area contributed by atoms with Gasteiger partial charge in [-0.25, -0.2) is 4.79 Å². The average Bonchev–Trinajstić information content (AvgIpc) is 3.37. The molecule has 3 aromatic rings. The quantitative estimate of drug-likeness (QED) is 0.719. The number of fused-ring (bicyclic) bond motifs is 1. The molecule has 1 aliphatic rings. The van der Waals surface area contributed by atoms with Gasteiger partial charge in [0.05, 0.1) is 12.8 Å². The molecule has 6 heteroatoms. The number of nitrogens with one attached hydrogen (secondary N) is 1. The highest BCUT2D eigenvalue weighted by molar-refractivity contribution is 5.94. The van der Waals surface area contributed by atoms with Crippen LogP contribution in [0.3, 0.4) is 0 Å². The molecule has 1 aliphatic carbocycles. The van der Waals surface area contributed by atoms with Gasteiger partial charge in [0, 0.05) is 29.7 Å². The number of nitrogens with zero attached hydrogens (tertiary/aromatic N) is 1. The van der Waals surface area contributed by atoms with E-state index in [1.165, 1.54) is 7.11 Å². The molecular weight excluding hydrogens is 320 g/mol. The maximum absolute atomic E-state index is 12.4. The van der Waals surface area contributed by atoms with E-state index >= 15 is 0 Å². The van der Waals surface area contributed by atoms with Crippen molar-refractivity contribution in [3.05, 3.63) is 51.9 Å². The Balaban J connectivity index is 1.97. The fourth-order valence-corrected chi connectivity index (χ4v) is 3.33. The predicted octanol–water partition coefficient (Wildman–Crippen LogP) is 2.90. The Kier molecular flexibility index (Phi) is 3.42. The summed E-state index contributed by atoms with van der Waals surface area (Å²) in [5.41, 5.74) is 2.11. The van der Waals surface area contributed by atoms with Crippen molar-refractivity contribution in [3.8, 4) is 17.0 Å². The number of aromatic amines is 1. The Morgan fingerprint density at radius 1 is 1.32 bits per heavy atom. The molecule has 2 heterocycles. The molecule has 25 heavy (non-hydrogen) atoms. The zero-order chi connectivity index (χ0) is 17.7. The van der Waals surface area contributed by atoms with Crippen LogP contribution < -0.4 is 5.56 Å². The van der Waals surface area contributed by atoms with Gasteiger partial charge in [0.25, 0.3) is 5.56 Å². The molecule has 1 fully saturated rings. The summed E-state index contributed by atoms with van der Waals surface area (Å²) in [7, 11) is 3.16. The minimum absolute atomic E-state index is 0.140. The van der Waals surface area contributed by atoms with E-state index in [1.807, 2.05) is 42.1 Å². The second-order valence-electron chi connectivity index (χ2n) is 6.43. The first-order chi connectivity index (χ1) is 12.0. The number of aromatic hydroxyl groups is 1. The van der Waals surface area contributed by atoms with Crippen molar-refractivity contribution in [2.24, 2.45) is 7.05 Å². The molecule has 0 unspecified atom stereocenters. The standard InChI is InChI=1S/C19H18N2O4/c1-21-8-7-11-9-12(5-6-13(11)21)16-14(10-3-4-10)17(22)15(18(23)20-16)19(24)25-2/h5-10H,3-4H2,1-2H3,(H2,20,22,23). The van der Waals surface area contributed by atoms with Crippen molar-refractivity contribution in [1.29, 1.82) is 0 Å². The molecular formula is C19H18N2O4. The number of carbonyl (C=O) groups excluding carboxylic acids is 1. The molecule has 1 aromatic carbocycles. The van der Waals surface area contributed by atoms with Crippen molar-refractivity contribution in [2.75, 3.05) is 7.11 Å². The molecule has 2 N–H and O–H groups in total. The van der Waals surface area contributed by atoms with Crippen molar-refractivity contribution in [1.82, 2.24) is 9.55 Å². The lowest BCUT2D eigenvalue weighted by molar-refractivity contribution is 0.0595. The lowest BCUT2D eigenvalue weighted by Gasteiger charge is -2.14. The Morgan fingerprint density at radius 2 is 2.08 bits per heavy atom. The van der Waals surface area contributed by atoms with Crippen LogP contribution in [0.15, 0.2) is 35.3 Å². The second kappa shape index (κ2) is 5.51. The number of aromatic nitrogens is 2. The summed E-state index contributed by atoms with van der Waals surface area (Å²) < 4.78 is 6.65. The number of methoxy groups -OCH3 is 1. The van der Waals surface area contributed by atoms with Gasteiger partial charge in [-0.3, -0.25) is 4.79 Å². The van der Waals surface area contributed by atoms with E-state index in [2.05, 4.69) is 9.72 Å². The minimum Gasteiger partial charge on any atom is -0.506 e. The fraction of sp³-hybridized carbons (Fsp3) is 0.263. The normalized spacial score (nSPS) is 14.0. The van der Waals surface area contributed by atoms with Gasteiger partial charge in [-0.1, -0.05) is 6.07 Å². The monoisotopic (exact) mass is 338 g/mol. The summed E-state index contributed by atoms with van der Waals surface area (Å²) in [6, 6.07) is 7.86. The number of benzene rings is 1. The van der Waals surface area contributed by atoms with Crippen LogP contribution in [0.25, 0.3) is 22.2 Å². The number of esters is 1. The number of aryl methyl sites for hydroxylation is 1. The summed E-state index contributed by atoms with van der Waals surface area (Å²) in [6.07, 6.45) is 3.80. The van der Waals surface area contributed by atoms with Crippen LogP contribution in [0.4, 0.5) is 0 Å². The first-order valence-electron chi connectivity index (χ1n) is 8.14. The summed E-state index contributed by atoms with van der Waals surface area (Å²) in [6.45, 7) is 0. The molecule has 0 bridgehead atoms. The highest BCUT2D eigenvalue weighted by Crippen LogP contribution is 2.48. The Hall–Kier alpha value is -3.02. The smallest absolute Gasteiger partial charge is 0.347 e.